The van der Waals surface area contributed by atoms with Gasteiger partial charge in [-0.25, -0.2) is 4.39 Å². The molecule has 0 heterocycles. The maximum atomic E-state index is 13.1. The van der Waals surface area contributed by atoms with Gasteiger partial charge in [-0.15, -0.1) is 0 Å². The monoisotopic (exact) mass is 239 g/mol. The van der Waals surface area contributed by atoms with Crippen molar-refractivity contribution in [3.05, 3.63) is 35.1 Å². The maximum Gasteiger partial charge on any atom is 0.126 e. The highest BCUT2D eigenvalue weighted by Gasteiger charge is 2.08. The fraction of sp³-hybridized carbons (Fsp3) is 0.571. The van der Waals surface area contributed by atoms with Crippen molar-refractivity contribution < 1.29 is 9.50 Å². The Morgan fingerprint density at radius 2 is 2.06 bits per heavy atom. The Morgan fingerprint density at radius 1 is 1.35 bits per heavy atom. The van der Waals surface area contributed by atoms with Gasteiger partial charge in [0.05, 0.1) is 6.10 Å². The largest absolute Gasteiger partial charge is 0.388 e. The van der Waals surface area contributed by atoms with Crippen molar-refractivity contribution in [2.45, 2.75) is 33.3 Å². The molecule has 0 amide bonds. The lowest BCUT2D eigenvalue weighted by Crippen LogP contribution is -2.22. The van der Waals surface area contributed by atoms with Gasteiger partial charge in [0.25, 0.3) is 0 Å². The van der Waals surface area contributed by atoms with Gasteiger partial charge in [0.1, 0.15) is 5.82 Å². The van der Waals surface area contributed by atoms with Crippen LogP contribution >= 0.6 is 0 Å². The Balaban J connectivity index is 2.41. The first-order valence-corrected chi connectivity index (χ1v) is 6.15. The smallest absolute Gasteiger partial charge is 0.126 e. The summed E-state index contributed by atoms with van der Waals surface area (Å²) in [5.74, 6) is 0.388. The molecule has 0 aliphatic rings. The minimum Gasteiger partial charge on any atom is -0.388 e. The second-order valence-corrected chi connectivity index (χ2v) is 4.91. The van der Waals surface area contributed by atoms with E-state index in [0.29, 0.717) is 17.9 Å². The average Bonchev–Trinajstić information content (AvgIpc) is 2.27. The Morgan fingerprint density at radius 3 is 2.65 bits per heavy atom. The van der Waals surface area contributed by atoms with E-state index in [-0.39, 0.29) is 5.82 Å². The highest BCUT2D eigenvalue weighted by molar-refractivity contribution is 5.25. The highest BCUT2D eigenvalue weighted by atomic mass is 19.1. The van der Waals surface area contributed by atoms with Gasteiger partial charge in [-0.05, 0) is 49.5 Å². The molecule has 0 aliphatic heterocycles. The predicted octanol–water partition coefficient (Wildman–Crippen LogP) is 2.80. The van der Waals surface area contributed by atoms with E-state index in [2.05, 4.69) is 19.2 Å². The van der Waals surface area contributed by atoms with Crippen LogP contribution in [0.1, 0.15) is 37.5 Å². The van der Waals surface area contributed by atoms with Crippen molar-refractivity contribution in [1.29, 1.82) is 0 Å². The topological polar surface area (TPSA) is 32.3 Å². The molecule has 0 aromatic heterocycles. The van der Waals surface area contributed by atoms with Crippen LogP contribution in [0.5, 0.6) is 0 Å². The number of halogens is 1. The molecule has 0 spiro atoms. The molecule has 3 heteroatoms. The van der Waals surface area contributed by atoms with Crippen LogP contribution in [0.25, 0.3) is 0 Å². The number of aliphatic hydroxyl groups excluding tert-OH is 1. The SMILES string of the molecule is Cc1cc(C(O)CCNCC(C)C)ccc1F. The summed E-state index contributed by atoms with van der Waals surface area (Å²) in [6.45, 7) is 7.73. The van der Waals surface area contributed by atoms with Gasteiger partial charge < -0.3 is 10.4 Å². The number of hydrogen-bond acceptors (Lipinski definition) is 2. The summed E-state index contributed by atoms with van der Waals surface area (Å²) in [6.07, 6.45) is 0.131. The molecule has 1 aromatic rings. The fourth-order valence-electron chi connectivity index (χ4n) is 1.67. The number of nitrogens with one attached hydrogen (secondary N) is 1. The first-order valence-electron chi connectivity index (χ1n) is 6.15. The number of aryl methyl sites for hydroxylation is 1. The fourth-order valence-corrected chi connectivity index (χ4v) is 1.67. The molecule has 17 heavy (non-hydrogen) atoms. The van der Waals surface area contributed by atoms with E-state index in [4.69, 9.17) is 0 Å². The van der Waals surface area contributed by atoms with Crippen molar-refractivity contribution >= 4 is 0 Å². The zero-order valence-corrected chi connectivity index (χ0v) is 10.8. The van der Waals surface area contributed by atoms with Gasteiger partial charge in [0, 0.05) is 0 Å². The van der Waals surface area contributed by atoms with E-state index in [1.807, 2.05) is 0 Å². The molecular weight excluding hydrogens is 217 g/mol. The van der Waals surface area contributed by atoms with Crippen LogP contribution in [0.3, 0.4) is 0 Å². The Kier molecular flexibility index (Phi) is 5.59. The van der Waals surface area contributed by atoms with Crippen molar-refractivity contribution in [1.82, 2.24) is 5.32 Å². The number of rotatable bonds is 6. The summed E-state index contributed by atoms with van der Waals surface area (Å²) in [5.41, 5.74) is 1.37. The van der Waals surface area contributed by atoms with Gasteiger partial charge in [-0.2, -0.15) is 0 Å². The van der Waals surface area contributed by atoms with E-state index in [1.54, 1.807) is 19.1 Å². The molecule has 0 saturated carbocycles. The zero-order chi connectivity index (χ0) is 12.8. The molecule has 1 rings (SSSR count). The normalized spacial score (nSPS) is 13.1. The van der Waals surface area contributed by atoms with Crippen LogP contribution < -0.4 is 5.32 Å². The summed E-state index contributed by atoms with van der Waals surface area (Å²) >= 11 is 0. The number of hydrogen-bond donors (Lipinski definition) is 2. The molecule has 0 fully saturated rings. The van der Waals surface area contributed by atoms with Crippen LogP contribution in [-0.2, 0) is 0 Å². The van der Waals surface area contributed by atoms with Crippen molar-refractivity contribution in [3.63, 3.8) is 0 Å². The van der Waals surface area contributed by atoms with Gasteiger partial charge in [-0.1, -0.05) is 26.0 Å². The second-order valence-electron chi connectivity index (χ2n) is 4.91. The Hall–Kier alpha value is -0.930. The van der Waals surface area contributed by atoms with Crippen molar-refractivity contribution in [2.24, 2.45) is 5.92 Å². The minimum atomic E-state index is -0.519. The molecule has 1 unspecified atom stereocenters. The van der Waals surface area contributed by atoms with E-state index in [1.165, 1.54) is 6.07 Å². The maximum absolute atomic E-state index is 13.1. The lowest BCUT2D eigenvalue weighted by atomic mass is 10.0. The molecule has 96 valence electrons. The molecule has 2 N–H and O–H groups in total. The van der Waals surface area contributed by atoms with Crippen LogP contribution in [0, 0.1) is 18.7 Å². The van der Waals surface area contributed by atoms with E-state index >= 15 is 0 Å². The third-order valence-corrected chi connectivity index (χ3v) is 2.71. The summed E-state index contributed by atoms with van der Waals surface area (Å²) in [4.78, 5) is 0. The standard InChI is InChI=1S/C14H22FNO/c1-10(2)9-16-7-6-14(17)12-4-5-13(15)11(3)8-12/h4-5,8,10,14,16-17H,6-7,9H2,1-3H3. The van der Waals surface area contributed by atoms with Crippen molar-refractivity contribution in [2.75, 3.05) is 13.1 Å². The molecule has 1 atom stereocenters. The summed E-state index contributed by atoms with van der Waals surface area (Å²) in [6, 6.07) is 4.77. The molecule has 1 aromatic carbocycles. The molecule has 0 saturated heterocycles. The Labute approximate surface area is 103 Å². The summed E-state index contributed by atoms with van der Waals surface area (Å²) < 4.78 is 13.1. The van der Waals surface area contributed by atoms with Gasteiger partial charge >= 0.3 is 0 Å². The third kappa shape index (κ3) is 4.84. The van der Waals surface area contributed by atoms with Crippen LogP contribution in [-0.4, -0.2) is 18.2 Å². The molecule has 0 bridgehead atoms. The molecular formula is C14H22FNO. The van der Waals surface area contributed by atoms with Gasteiger partial charge in [0.2, 0.25) is 0 Å². The Bertz CT molecular complexity index is 352. The minimum absolute atomic E-state index is 0.223. The first-order chi connectivity index (χ1) is 8.00. The molecule has 0 radical (unpaired) electrons. The van der Waals surface area contributed by atoms with Crippen LogP contribution in [0.4, 0.5) is 4.39 Å². The lowest BCUT2D eigenvalue weighted by molar-refractivity contribution is 0.166. The molecule has 2 nitrogen and oxygen atoms in total. The summed E-state index contributed by atoms with van der Waals surface area (Å²) in [7, 11) is 0. The van der Waals surface area contributed by atoms with Crippen LogP contribution in [0.2, 0.25) is 0 Å². The second kappa shape index (κ2) is 6.72. The predicted molar refractivity (Wildman–Crippen MR) is 68.4 cm³/mol. The van der Waals surface area contributed by atoms with Crippen LogP contribution in [0.15, 0.2) is 18.2 Å². The lowest BCUT2D eigenvalue weighted by Gasteiger charge is -2.13. The highest BCUT2D eigenvalue weighted by Crippen LogP contribution is 2.18. The number of benzene rings is 1. The third-order valence-electron chi connectivity index (χ3n) is 2.71. The zero-order valence-electron chi connectivity index (χ0n) is 10.8. The van der Waals surface area contributed by atoms with E-state index in [9.17, 15) is 9.50 Å². The van der Waals surface area contributed by atoms with Crippen molar-refractivity contribution in [3.8, 4) is 0 Å². The summed E-state index contributed by atoms with van der Waals surface area (Å²) in [5, 5.41) is 13.2. The average molecular weight is 239 g/mol. The first kappa shape index (κ1) is 14.1. The quantitative estimate of drug-likeness (QED) is 0.748. The number of aliphatic hydroxyl groups is 1. The van der Waals surface area contributed by atoms with Gasteiger partial charge in [0.15, 0.2) is 0 Å². The molecule has 0 aliphatic carbocycles. The van der Waals surface area contributed by atoms with E-state index < -0.39 is 6.10 Å². The van der Waals surface area contributed by atoms with E-state index in [0.717, 1.165) is 18.7 Å². The van der Waals surface area contributed by atoms with Gasteiger partial charge in [-0.3, -0.25) is 0 Å².